The Morgan fingerprint density at radius 2 is 2.23 bits per heavy atom. The van der Waals surface area contributed by atoms with Gasteiger partial charge >= 0.3 is 5.97 Å². The van der Waals surface area contributed by atoms with E-state index in [2.05, 4.69) is 9.73 Å². The van der Waals surface area contributed by atoms with E-state index < -0.39 is 5.97 Å². The largest absolute Gasteiger partial charge is 0.508 e. The summed E-state index contributed by atoms with van der Waals surface area (Å²) >= 11 is 1.12. The SMILES string of the molecule is CCN=C1SC(=CC(=O)OC)C(=O)N1c1ccc(O)c(C)c1. The standard InChI is InChI=1S/C15H16N2O4S/c1-4-16-15-17(10-5-6-11(18)9(2)7-10)14(20)12(22-15)8-13(19)21-3/h5-8,18H,4H2,1-3H3. The van der Waals surface area contributed by atoms with Gasteiger partial charge in [-0.2, -0.15) is 0 Å². The summed E-state index contributed by atoms with van der Waals surface area (Å²) in [5, 5.41) is 10.1. The highest BCUT2D eigenvalue weighted by Crippen LogP contribution is 2.36. The zero-order chi connectivity index (χ0) is 16.3. The number of thioether (sulfide) groups is 1. The summed E-state index contributed by atoms with van der Waals surface area (Å²) < 4.78 is 4.56. The number of amidine groups is 1. The number of hydrogen-bond donors (Lipinski definition) is 1. The summed E-state index contributed by atoms with van der Waals surface area (Å²) in [6.07, 6.45) is 1.16. The van der Waals surface area contributed by atoms with Crippen molar-refractivity contribution in [1.82, 2.24) is 0 Å². The van der Waals surface area contributed by atoms with Crippen LogP contribution in [0.4, 0.5) is 5.69 Å². The van der Waals surface area contributed by atoms with E-state index in [9.17, 15) is 14.7 Å². The Labute approximate surface area is 132 Å². The van der Waals surface area contributed by atoms with E-state index in [0.29, 0.717) is 23.0 Å². The predicted octanol–water partition coefficient (Wildman–Crippen LogP) is 2.21. The van der Waals surface area contributed by atoms with Gasteiger partial charge < -0.3 is 9.84 Å². The number of aryl methyl sites for hydroxylation is 1. The molecule has 0 unspecified atom stereocenters. The van der Waals surface area contributed by atoms with E-state index >= 15 is 0 Å². The molecule has 7 heteroatoms. The molecule has 116 valence electrons. The molecule has 0 aromatic heterocycles. The fraction of sp³-hybridized carbons (Fsp3) is 0.267. The third kappa shape index (κ3) is 3.14. The van der Waals surface area contributed by atoms with Gasteiger partial charge in [0, 0.05) is 12.6 Å². The minimum absolute atomic E-state index is 0.155. The number of anilines is 1. The number of rotatable bonds is 3. The Hall–Kier alpha value is -2.28. The first kappa shape index (κ1) is 16.1. The number of hydrogen-bond acceptors (Lipinski definition) is 6. The third-order valence-electron chi connectivity index (χ3n) is 2.99. The maximum absolute atomic E-state index is 12.5. The maximum Gasteiger partial charge on any atom is 0.331 e. The number of ether oxygens (including phenoxy) is 1. The molecular weight excluding hydrogens is 304 g/mol. The Morgan fingerprint density at radius 1 is 1.50 bits per heavy atom. The van der Waals surface area contributed by atoms with Crippen molar-refractivity contribution in [3.63, 3.8) is 0 Å². The number of carbonyl (C=O) groups is 2. The lowest BCUT2D eigenvalue weighted by Crippen LogP contribution is -2.29. The van der Waals surface area contributed by atoms with Crippen LogP contribution in [0.2, 0.25) is 0 Å². The van der Waals surface area contributed by atoms with E-state index in [4.69, 9.17) is 0 Å². The second-order valence-electron chi connectivity index (χ2n) is 4.50. The molecule has 1 saturated heterocycles. The summed E-state index contributed by atoms with van der Waals surface area (Å²) in [4.78, 5) is 29.9. The molecule has 0 atom stereocenters. The van der Waals surface area contributed by atoms with Crippen LogP contribution in [0.5, 0.6) is 5.75 Å². The Balaban J connectivity index is 2.45. The van der Waals surface area contributed by atoms with Crippen molar-refractivity contribution in [1.29, 1.82) is 0 Å². The lowest BCUT2D eigenvalue weighted by molar-refractivity contribution is -0.135. The van der Waals surface area contributed by atoms with Crippen LogP contribution < -0.4 is 4.90 Å². The van der Waals surface area contributed by atoms with Gasteiger partial charge in [0.2, 0.25) is 0 Å². The molecular formula is C15H16N2O4S. The van der Waals surface area contributed by atoms with Crippen molar-refractivity contribution in [3.8, 4) is 5.75 Å². The van der Waals surface area contributed by atoms with Crippen LogP contribution in [0.25, 0.3) is 0 Å². The highest BCUT2D eigenvalue weighted by atomic mass is 32.2. The summed E-state index contributed by atoms with van der Waals surface area (Å²) in [5.74, 6) is -0.773. The molecule has 0 aliphatic carbocycles. The second kappa shape index (κ2) is 6.65. The van der Waals surface area contributed by atoms with Crippen molar-refractivity contribution in [2.45, 2.75) is 13.8 Å². The quantitative estimate of drug-likeness (QED) is 0.682. The molecule has 6 nitrogen and oxygen atoms in total. The fourth-order valence-electron chi connectivity index (χ4n) is 1.89. The number of phenols is 1. The number of aliphatic imine (C=N–C) groups is 1. The van der Waals surface area contributed by atoms with E-state index in [-0.39, 0.29) is 16.6 Å². The van der Waals surface area contributed by atoms with Gasteiger partial charge in [-0.1, -0.05) is 0 Å². The van der Waals surface area contributed by atoms with Gasteiger partial charge in [0.15, 0.2) is 5.17 Å². The van der Waals surface area contributed by atoms with E-state index in [1.54, 1.807) is 19.1 Å². The molecule has 22 heavy (non-hydrogen) atoms. The molecule has 1 aliphatic heterocycles. The van der Waals surface area contributed by atoms with Crippen LogP contribution >= 0.6 is 11.8 Å². The third-order valence-corrected chi connectivity index (χ3v) is 4.00. The zero-order valence-electron chi connectivity index (χ0n) is 12.5. The molecule has 1 amide bonds. The highest BCUT2D eigenvalue weighted by Gasteiger charge is 2.35. The van der Waals surface area contributed by atoms with Gasteiger partial charge in [-0.15, -0.1) is 0 Å². The average molecular weight is 320 g/mol. The van der Waals surface area contributed by atoms with E-state index in [1.165, 1.54) is 18.1 Å². The van der Waals surface area contributed by atoms with Crippen molar-refractivity contribution >= 4 is 34.5 Å². The van der Waals surface area contributed by atoms with E-state index in [0.717, 1.165) is 17.8 Å². The van der Waals surface area contributed by atoms with Gasteiger partial charge in [-0.25, -0.2) is 4.79 Å². The van der Waals surface area contributed by atoms with Gasteiger partial charge in [-0.05, 0) is 49.4 Å². The minimum atomic E-state index is -0.588. The van der Waals surface area contributed by atoms with Crippen molar-refractivity contribution in [2.75, 3.05) is 18.6 Å². The molecule has 0 saturated carbocycles. The molecule has 1 heterocycles. The zero-order valence-corrected chi connectivity index (χ0v) is 13.3. The van der Waals surface area contributed by atoms with Crippen LogP contribution in [-0.2, 0) is 14.3 Å². The average Bonchev–Trinajstić information content (AvgIpc) is 2.78. The number of aromatic hydroxyl groups is 1. The first-order chi connectivity index (χ1) is 10.5. The second-order valence-corrected chi connectivity index (χ2v) is 5.51. The van der Waals surface area contributed by atoms with Crippen molar-refractivity contribution in [3.05, 3.63) is 34.7 Å². The smallest absolute Gasteiger partial charge is 0.331 e. The molecule has 1 aromatic rings. The number of esters is 1. The van der Waals surface area contributed by atoms with Crippen LogP contribution in [0, 0.1) is 6.92 Å². The van der Waals surface area contributed by atoms with Gasteiger partial charge in [0.25, 0.3) is 5.91 Å². The molecule has 1 fully saturated rings. The van der Waals surface area contributed by atoms with Crippen LogP contribution in [0.1, 0.15) is 12.5 Å². The number of nitrogens with zero attached hydrogens (tertiary/aromatic N) is 2. The normalized spacial score (nSPS) is 18.3. The summed E-state index contributed by atoms with van der Waals surface area (Å²) in [6, 6.07) is 4.85. The summed E-state index contributed by atoms with van der Waals surface area (Å²) in [6.45, 7) is 4.11. The minimum Gasteiger partial charge on any atom is -0.508 e. The molecule has 1 aliphatic rings. The monoisotopic (exact) mass is 320 g/mol. The Bertz CT molecular complexity index is 682. The number of methoxy groups -OCH3 is 1. The van der Waals surface area contributed by atoms with E-state index in [1.807, 2.05) is 6.92 Å². The topological polar surface area (TPSA) is 79.2 Å². The summed E-state index contributed by atoms with van der Waals surface area (Å²) in [7, 11) is 1.26. The van der Waals surface area contributed by atoms with Crippen molar-refractivity contribution < 1.29 is 19.4 Å². The van der Waals surface area contributed by atoms with Gasteiger partial charge in [0.05, 0.1) is 17.7 Å². The Morgan fingerprint density at radius 3 is 2.82 bits per heavy atom. The van der Waals surface area contributed by atoms with Crippen LogP contribution in [0.15, 0.2) is 34.2 Å². The number of benzene rings is 1. The lowest BCUT2D eigenvalue weighted by Gasteiger charge is -2.16. The molecule has 0 radical (unpaired) electrons. The lowest BCUT2D eigenvalue weighted by atomic mass is 10.2. The molecule has 0 bridgehead atoms. The summed E-state index contributed by atoms with van der Waals surface area (Å²) in [5.41, 5.74) is 1.24. The van der Waals surface area contributed by atoms with Crippen LogP contribution in [-0.4, -0.2) is 35.8 Å². The molecule has 2 rings (SSSR count). The van der Waals surface area contributed by atoms with Gasteiger partial charge in [-0.3, -0.25) is 14.7 Å². The van der Waals surface area contributed by atoms with Crippen LogP contribution in [0.3, 0.4) is 0 Å². The first-order valence-electron chi connectivity index (χ1n) is 6.64. The number of carbonyl (C=O) groups excluding carboxylic acids is 2. The highest BCUT2D eigenvalue weighted by molar-refractivity contribution is 8.19. The Kier molecular flexibility index (Phi) is 4.87. The predicted molar refractivity (Wildman–Crippen MR) is 86.0 cm³/mol. The van der Waals surface area contributed by atoms with Gasteiger partial charge in [0.1, 0.15) is 5.75 Å². The molecule has 1 aromatic carbocycles. The molecule has 0 spiro atoms. The number of amides is 1. The van der Waals surface area contributed by atoms with Crippen molar-refractivity contribution in [2.24, 2.45) is 4.99 Å². The number of phenolic OH excluding ortho intramolecular Hbond substituents is 1. The molecule has 1 N–H and O–H groups in total. The maximum atomic E-state index is 12.5. The first-order valence-corrected chi connectivity index (χ1v) is 7.45. The fourth-order valence-corrected chi connectivity index (χ4v) is 2.89.